The van der Waals surface area contributed by atoms with Crippen LogP contribution in [0.4, 0.5) is 10.1 Å². The predicted molar refractivity (Wildman–Crippen MR) is 72.2 cm³/mol. The van der Waals surface area contributed by atoms with Crippen molar-refractivity contribution in [2.75, 3.05) is 11.4 Å². The molecule has 0 radical (unpaired) electrons. The van der Waals surface area contributed by atoms with Crippen molar-refractivity contribution in [1.29, 1.82) is 0 Å². The number of aliphatic carboxylic acids is 1. The molecule has 2 aromatic carbocycles. The fourth-order valence-corrected chi connectivity index (χ4v) is 1.80. The lowest BCUT2D eigenvalue weighted by Gasteiger charge is -2.21. The molecule has 1 N–H and O–H groups in total. The molecule has 0 aliphatic rings. The number of nitrogens with zero attached hydrogens (tertiary/aromatic N) is 1. The molecule has 4 nitrogen and oxygen atoms in total. The van der Waals surface area contributed by atoms with Crippen LogP contribution < -0.4 is 4.90 Å². The highest BCUT2D eigenvalue weighted by molar-refractivity contribution is 6.08. The van der Waals surface area contributed by atoms with Crippen molar-refractivity contribution >= 4 is 17.6 Å². The van der Waals surface area contributed by atoms with Crippen molar-refractivity contribution < 1.29 is 19.1 Å². The predicted octanol–water partition coefficient (Wildman–Crippen LogP) is 2.56. The van der Waals surface area contributed by atoms with Gasteiger partial charge in [-0.1, -0.05) is 24.3 Å². The van der Waals surface area contributed by atoms with E-state index < -0.39 is 24.2 Å². The highest BCUT2D eigenvalue weighted by atomic mass is 19.1. The summed E-state index contributed by atoms with van der Waals surface area (Å²) in [6.07, 6.45) is 0. The van der Waals surface area contributed by atoms with E-state index in [2.05, 4.69) is 0 Å². The molecule has 0 saturated heterocycles. The second-order valence-corrected chi connectivity index (χ2v) is 4.13. The summed E-state index contributed by atoms with van der Waals surface area (Å²) < 4.78 is 13.2. The molecule has 0 aliphatic carbocycles. The number of benzene rings is 2. The number of carboxylic acids is 1. The van der Waals surface area contributed by atoms with Crippen LogP contribution in [0.3, 0.4) is 0 Å². The number of hydrogen-bond acceptors (Lipinski definition) is 2. The standard InChI is InChI=1S/C15H12FNO3/c16-12-7-4-8-13(9-12)17(10-14(18)19)15(20)11-5-2-1-3-6-11/h1-9H,10H2,(H,18,19). The molecule has 0 bridgehead atoms. The van der Waals surface area contributed by atoms with E-state index in [9.17, 15) is 14.0 Å². The third-order valence-electron chi connectivity index (χ3n) is 2.68. The summed E-state index contributed by atoms with van der Waals surface area (Å²) in [7, 11) is 0. The lowest BCUT2D eigenvalue weighted by molar-refractivity contribution is -0.135. The van der Waals surface area contributed by atoms with E-state index in [1.54, 1.807) is 30.3 Å². The highest BCUT2D eigenvalue weighted by Crippen LogP contribution is 2.18. The first-order chi connectivity index (χ1) is 9.58. The van der Waals surface area contributed by atoms with E-state index in [-0.39, 0.29) is 5.69 Å². The summed E-state index contributed by atoms with van der Waals surface area (Å²) in [6.45, 7) is -0.531. The second kappa shape index (κ2) is 5.97. The number of anilines is 1. The van der Waals surface area contributed by atoms with E-state index in [0.717, 1.165) is 11.0 Å². The zero-order valence-electron chi connectivity index (χ0n) is 10.5. The van der Waals surface area contributed by atoms with Crippen LogP contribution >= 0.6 is 0 Å². The quantitative estimate of drug-likeness (QED) is 0.931. The molecule has 0 fully saturated rings. The Morgan fingerprint density at radius 2 is 1.75 bits per heavy atom. The Kier molecular flexibility index (Phi) is 4.10. The molecule has 20 heavy (non-hydrogen) atoms. The molecule has 0 unspecified atom stereocenters. The zero-order chi connectivity index (χ0) is 14.5. The van der Waals surface area contributed by atoms with Crippen molar-refractivity contribution in [3.63, 3.8) is 0 Å². The summed E-state index contributed by atoms with van der Waals surface area (Å²) in [5.74, 6) is -2.18. The van der Waals surface area contributed by atoms with Crippen molar-refractivity contribution in [2.24, 2.45) is 0 Å². The summed E-state index contributed by atoms with van der Waals surface area (Å²) in [6, 6.07) is 13.5. The normalized spacial score (nSPS) is 10.1. The average Bonchev–Trinajstić information content (AvgIpc) is 2.45. The monoisotopic (exact) mass is 273 g/mol. The van der Waals surface area contributed by atoms with E-state index in [1.165, 1.54) is 18.2 Å². The molecule has 0 aliphatic heterocycles. The van der Waals surface area contributed by atoms with Crippen molar-refractivity contribution in [1.82, 2.24) is 0 Å². The van der Waals surface area contributed by atoms with Crippen LogP contribution in [0.15, 0.2) is 54.6 Å². The smallest absolute Gasteiger partial charge is 0.323 e. The van der Waals surface area contributed by atoms with Gasteiger partial charge in [0.25, 0.3) is 5.91 Å². The lowest BCUT2D eigenvalue weighted by Crippen LogP contribution is -2.35. The van der Waals surface area contributed by atoms with Crippen LogP contribution in [0, 0.1) is 5.82 Å². The zero-order valence-corrected chi connectivity index (χ0v) is 10.5. The average molecular weight is 273 g/mol. The van der Waals surface area contributed by atoms with Crippen molar-refractivity contribution in [3.05, 3.63) is 66.0 Å². The maximum atomic E-state index is 13.2. The van der Waals surface area contributed by atoms with Crippen LogP contribution in [-0.2, 0) is 4.79 Å². The van der Waals surface area contributed by atoms with E-state index in [1.807, 2.05) is 0 Å². The fourth-order valence-electron chi connectivity index (χ4n) is 1.80. The topological polar surface area (TPSA) is 57.6 Å². The maximum Gasteiger partial charge on any atom is 0.323 e. The highest BCUT2D eigenvalue weighted by Gasteiger charge is 2.20. The van der Waals surface area contributed by atoms with Crippen LogP contribution in [-0.4, -0.2) is 23.5 Å². The fraction of sp³-hybridized carbons (Fsp3) is 0.0667. The Bertz CT molecular complexity index is 628. The Hall–Kier alpha value is -2.69. The third kappa shape index (κ3) is 3.20. The molecular weight excluding hydrogens is 261 g/mol. The van der Waals surface area contributed by atoms with Gasteiger partial charge < -0.3 is 5.11 Å². The number of halogens is 1. The van der Waals surface area contributed by atoms with Crippen LogP contribution in [0.25, 0.3) is 0 Å². The molecule has 0 atom stereocenters. The molecule has 0 saturated carbocycles. The van der Waals surface area contributed by atoms with Crippen molar-refractivity contribution in [3.8, 4) is 0 Å². The van der Waals surface area contributed by atoms with Crippen molar-refractivity contribution in [2.45, 2.75) is 0 Å². The minimum Gasteiger partial charge on any atom is -0.480 e. The SMILES string of the molecule is O=C(O)CN(C(=O)c1ccccc1)c1cccc(F)c1. The van der Waals surface area contributed by atoms with Gasteiger partial charge in [0.2, 0.25) is 0 Å². The molecule has 2 rings (SSSR count). The molecule has 0 spiro atoms. The molecule has 0 aromatic heterocycles. The Labute approximate surface area is 115 Å². The van der Waals surface area contributed by atoms with Gasteiger partial charge in [-0.05, 0) is 30.3 Å². The van der Waals surface area contributed by atoms with Gasteiger partial charge in [0.15, 0.2) is 0 Å². The minimum absolute atomic E-state index is 0.209. The number of carbonyl (C=O) groups excluding carboxylic acids is 1. The number of hydrogen-bond donors (Lipinski definition) is 1. The minimum atomic E-state index is -1.17. The molecular formula is C15H12FNO3. The molecule has 5 heteroatoms. The number of carboxylic acid groups (broad SMARTS) is 1. The van der Waals surface area contributed by atoms with E-state index in [4.69, 9.17) is 5.11 Å². The number of amides is 1. The number of carbonyl (C=O) groups is 2. The van der Waals surface area contributed by atoms with Gasteiger partial charge in [-0.2, -0.15) is 0 Å². The van der Waals surface area contributed by atoms with E-state index in [0.29, 0.717) is 5.56 Å². The van der Waals surface area contributed by atoms with Crippen LogP contribution in [0.5, 0.6) is 0 Å². The van der Waals surface area contributed by atoms with Crippen LogP contribution in [0.1, 0.15) is 10.4 Å². The number of rotatable bonds is 4. The van der Waals surface area contributed by atoms with Gasteiger partial charge in [-0.25, -0.2) is 4.39 Å². The summed E-state index contributed by atoms with van der Waals surface area (Å²) in [4.78, 5) is 24.3. The Morgan fingerprint density at radius 1 is 1.05 bits per heavy atom. The van der Waals surface area contributed by atoms with Gasteiger partial charge >= 0.3 is 5.97 Å². The maximum absolute atomic E-state index is 13.2. The van der Waals surface area contributed by atoms with Gasteiger partial charge in [0.05, 0.1) is 0 Å². The molecule has 0 heterocycles. The first-order valence-electron chi connectivity index (χ1n) is 5.92. The lowest BCUT2D eigenvalue weighted by atomic mass is 10.2. The Morgan fingerprint density at radius 3 is 2.35 bits per heavy atom. The van der Waals surface area contributed by atoms with Gasteiger partial charge in [-0.3, -0.25) is 14.5 Å². The molecule has 2 aromatic rings. The van der Waals surface area contributed by atoms with Gasteiger partial charge in [-0.15, -0.1) is 0 Å². The molecule has 102 valence electrons. The molecule has 1 amide bonds. The summed E-state index contributed by atoms with van der Waals surface area (Å²) in [5, 5.41) is 8.92. The van der Waals surface area contributed by atoms with Gasteiger partial charge in [0, 0.05) is 11.3 Å². The largest absolute Gasteiger partial charge is 0.480 e. The first-order valence-corrected chi connectivity index (χ1v) is 5.92. The first kappa shape index (κ1) is 13.7. The van der Waals surface area contributed by atoms with E-state index >= 15 is 0 Å². The van der Waals surface area contributed by atoms with Crippen LogP contribution in [0.2, 0.25) is 0 Å². The summed E-state index contributed by atoms with van der Waals surface area (Å²) in [5.41, 5.74) is 0.555. The Balaban J connectivity index is 2.38. The summed E-state index contributed by atoms with van der Waals surface area (Å²) >= 11 is 0. The third-order valence-corrected chi connectivity index (χ3v) is 2.68. The second-order valence-electron chi connectivity index (χ2n) is 4.13. The van der Waals surface area contributed by atoms with Gasteiger partial charge in [0.1, 0.15) is 12.4 Å².